The molecule has 1 unspecified atom stereocenters. The SMILES string of the molecule is CC1CN(CCCN2CCCC2)C=N1. The van der Waals surface area contributed by atoms with Gasteiger partial charge in [-0.05, 0) is 45.8 Å². The third-order valence-electron chi connectivity index (χ3n) is 3.10. The van der Waals surface area contributed by atoms with Crippen LogP contribution in [0.2, 0.25) is 0 Å². The summed E-state index contributed by atoms with van der Waals surface area (Å²) in [6, 6.07) is 0.516. The van der Waals surface area contributed by atoms with Gasteiger partial charge in [0.2, 0.25) is 0 Å². The highest BCUT2D eigenvalue weighted by molar-refractivity contribution is 5.57. The van der Waals surface area contributed by atoms with Crippen molar-refractivity contribution in [2.24, 2.45) is 4.99 Å². The van der Waals surface area contributed by atoms with Gasteiger partial charge in [-0.1, -0.05) is 0 Å². The van der Waals surface area contributed by atoms with Crippen LogP contribution in [0.1, 0.15) is 26.2 Å². The molecule has 0 saturated carbocycles. The lowest BCUT2D eigenvalue weighted by molar-refractivity contribution is 0.311. The Morgan fingerprint density at radius 1 is 1.29 bits per heavy atom. The predicted octanol–water partition coefficient (Wildman–Crippen LogP) is 1.20. The second-order valence-corrected chi connectivity index (χ2v) is 4.51. The zero-order valence-corrected chi connectivity index (χ0v) is 9.15. The molecule has 0 N–H and O–H groups in total. The maximum atomic E-state index is 4.36. The Kier molecular flexibility index (Phi) is 3.40. The van der Waals surface area contributed by atoms with Gasteiger partial charge in [-0.3, -0.25) is 4.99 Å². The topological polar surface area (TPSA) is 18.8 Å². The van der Waals surface area contributed by atoms with Crippen molar-refractivity contribution in [3.8, 4) is 0 Å². The first-order chi connectivity index (χ1) is 6.84. The quantitative estimate of drug-likeness (QED) is 0.671. The minimum absolute atomic E-state index is 0.516. The van der Waals surface area contributed by atoms with Crippen LogP contribution in [0.3, 0.4) is 0 Å². The maximum Gasteiger partial charge on any atom is 0.0854 e. The number of hydrogen-bond acceptors (Lipinski definition) is 3. The van der Waals surface area contributed by atoms with Gasteiger partial charge in [-0.15, -0.1) is 0 Å². The van der Waals surface area contributed by atoms with E-state index in [-0.39, 0.29) is 0 Å². The monoisotopic (exact) mass is 195 g/mol. The molecule has 2 rings (SSSR count). The third kappa shape index (κ3) is 2.71. The van der Waals surface area contributed by atoms with E-state index >= 15 is 0 Å². The van der Waals surface area contributed by atoms with Gasteiger partial charge in [0.15, 0.2) is 0 Å². The molecule has 0 aromatic carbocycles. The van der Waals surface area contributed by atoms with Crippen molar-refractivity contribution in [2.75, 3.05) is 32.7 Å². The molecule has 3 nitrogen and oxygen atoms in total. The Morgan fingerprint density at radius 3 is 2.71 bits per heavy atom. The molecule has 2 aliphatic rings. The Hall–Kier alpha value is -0.570. The molecule has 0 aromatic rings. The fourth-order valence-corrected chi connectivity index (χ4v) is 2.29. The van der Waals surface area contributed by atoms with Gasteiger partial charge in [0.1, 0.15) is 0 Å². The molecule has 0 radical (unpaired) electrons. The lowest BCUT2D eigenvalue weighted by atomic mass is 10.3. The number of nitrogens with zero attached hydrogens (tertiary/aromatic N) is 3. The first-order valence-corrected chi connectivity index (χ1v) is 5.84. The second-order valence-electron chi connectivity index (χ2n) is 4.51. The Balaban J connectivity index is 1.56. The highest BCUT2D eigenvalue weighted by Crippen LogP contribution is 2.08. The lowest BCUT2D eigenvalue weighted by Gasteiger charge is -2.18. The minimum Gasteiger partial charge on any atom is -0.361 e. The van der Waals surface area contributed by atoms with E-state index in [4.69, 9.17) is 0 Å². The molecule has 0 bridgehead atoms. The van der Waals surface area contributed by atoms with E-state index in [1.54, 1.807) is 0 Å². The van der Waals surface area contributed by atoms with Crippen LogP contribution in [0.15, 0.2) is 4.99 Å². The number of rotatable bonds is 4. The molecule has 1 saturated heterocycles. The smallest absolute Gasteiger partial charge is 0.0854 e. The van der Waals surface area contributed by atoms with Gasteiger partial charge in [-0.2, -0.15) is 0 Å². The van der Waals surface area contributed by atoms with Crippen LogP contribution in [-0.2, 0) is 0 Å². The third-order valence-corrected chi connectivity index (χ3v) is 3.10. The summed E-state index contributed by atoms with van der Waals surface area (Å²) in [5.74, 6) is 0. The highest BCUT2D eigenvalue weighted by Gasteiger charge is 2.14. The van der Waals surface area contributed by atoms with Crippen LogP contribution >= 0.6 is 0 Å². The molecule has 2 heterocycles. The fourth-order valence-electron chi connectivity index (χ4n) is 2.29. The van der Waals surface area contributed by atoms with Gasteiger partial charge >= 0.3 is 0 Å². The molecule has 0 spiro atoms. The van der Waals surface area contributed by atoms with E-state index in [1.165, 1.54) is 45.4 Å². The van der Waals surface area contributed by atoms with Crippen LogP contribution in [0.4, 0.5) is 0 Å². The molecule has 1 atom stereocenters. The summed E-state index contributed by atoms with van der Waals surface area (Å²) in [7, 11) is 0. The van der Waals surface area contributed by atoms with E-state index in [9.17, 15) is 0 Å². The highest BCUT2D eigenvalue weighted by atomic mass is 15.2. The number of hydrogen-bond donors (Lipinski definition) is 0. The average molecular weight is 195 g/mol. The minimum atomic E-state index is 0.516. The first kappa shape index (κ1) is 9.97. The number of aliphatic imine (C=N–C) groups is 1. The summed E-state index contributed by atoms with van der Waals surface area (Å²) in [4.78, 5) is 9.28. The molecule has 0 aliphatic carbocycles. The van der Waals surface area contributed by atoms with Gasteiger partial charge in [0, 0.05) is 13.1 Å². The zero-order chi connectivity index (χ0) is 9.80. The van der Waals surface area contributed by atoms with E-state index in [1.807, 2.05) is 6.34 Å². The van der Waals surface area contributed by atoms with Crippen molar-refractivity contribution >= 4 is 6.34 Å². The average Bonchev–Trinajstić information content (AvgIpc) is 2.77. The van der Waals surface area contributed by atoms with Crippen molar-refractivity contribution in [3.05, 3.63) is 0 Å². The van der Waals surface area contributed by atoms with E-state index < -0.39 is 0 Å². The van der Waals surface area contributed by atoms with Crippen LogP contribution in [0.5, 0.6) is 0 Å². The molecule has 80 valence electrons. The lowest BCUT2D eigenvalue weighted by Crippen LogP contribution is -2.28. The van der Waals surface area contributed by atoms with Crippen molar-refractivity contribution in [1.29, 1.82) is 0 Å². The standard InChI is InChI=1S/C11H21N3/c1-11-9-14(10-12-11)8-4-7-13-5-2-3-6-13/h10-11H,2-9H2,1H3. The molecule has 2 aliphatic heterocycles. The molecule has 3 heteroatoms. The van der Waals surface area contributed by atoms with Gasteiger partial charge < -0.3 is 9.80 Å². The summed E-state index contributed by atoms with van der Waals surface area (Å²) >= 11 is 0. The van der Waals surface area contributed by atoms with Gasteiger partial charge in [-0.25, -0.2) is 0 Å². The van der Waals surface area contributed by atoms with Gasteiger partial charge in [0.25, 0.3) is 0 Å². The predicted molar refractivity (Wildman–Crippen MR) is 59.8 cm³/mol. The van der Waals surface area contributed by atoms with Crippen LogP contribution in [0.25, 0.3) is 0 Å². The van der Waals surface area contributed by atoms with Crippen LogP contribution in [0, 0.1) is 0 Å². The first-order valence-electron chi connectivity index (χ1n) is 5.84. The summed E-state index contributed by atoms with van der Waals surface area (Å²) < 4.78 is 0. The second kappa shape index (κ2) is 4.78. The molecule has 1 fully saturated rings. The van der Waals surface area contributed by atoms with Crippen LogP contribution in [-0.4, -0.2) is 54.9 Å². The Bertz CT molecular complexity index is 197. The summed E-state index contributed by atoms with van der Waals surface area (Å²) in [6.45, 7) is 8.41. The number of likely N-dealkylation sites (tertiary alicyclic amines) is 1. The Morgan fingerprint density at radius 2 is 2.07 bits per heavy atom. The van der Waals surface area contributed by atoms with Crippen molar-refractivity contribution < 1.29 is 0 Å². The molecule has 0 aromatic heterocycles. The van der Waals surface area contributed by atoms with E-state index in [2.05, 4.69) is 21.7 Å². The summed E-state index contributed by atoms with van der Waals surface area (Å²) in [5.41, 5.74) is 0. The molecular weight excluding hydrogens is 174 g/mol. The van der Waals surface area contributed by atoms with E-state index in [0.717, 1.165) is 6.54 Å². The van der Waals surface area contributed by atoms with Crippen molar-refractivity contribution in [2.45, 2.75) is 32.2 Å². The molecule has 14 heavy (non-hydrogen) atoms. The summed E-state index contributed by atoms with van der Waals surface area (Å²) in [6.07, 6.45) is 6.12. The zero-order valence-electron chi connectivity index (χ0n) is 9.15. The molecule has 0 amide bonds. The van der Waals surface area contributed by atoms with Crippen molar-refractivity contribution in [3.63, 3.8) is 0 Å². The normalized spacial score (nSPS) is 27.8. The summed E-state index contributed by atoms with van der Waals surface area (Å²) in [5, 5.41) is 0. The van der Waals surface area contributed by atoms with Gasteiger partial charge in [0.05, 0.1) is 12.4 Å². The van der Waals surface area contributed by atoms with Crippen LogP contribution < -0.4 is 0 Å². The fraction of sp³-hybridized carbons (Fsp3) is 0.909. The maximum absolute atomic E-state index is 4.36. The molecular formula is C11H21N3. The van der Waals surface area contributed by atoms with E-state index in [0.29, 0.717) is 6.04 Å². The Labute approximate surface area is 86.8 Å². The van der Waals surface area contributed by atoms with Crippen molar-refractivity contribution in [1.82, 2.24) is 9.80 Å². The largest absolute Gasteiger partial charge is 0.361 e.